The lowest BCUT2D eigenvalue weighted by Gasteiger charge is -2.40. The minimum atomic E-state index is -1.98. The molecule has 2 aromatic rings. The van der Waals surface area contributed by atoms with E-state index in [4.69, 9.17) is 23.7 Å². The van der Waals surface area contributed by atoms with Crippen LogP contribution in [0.4, 0.5) is 0 Å². The van der Waals surface area contributed by atoms with E-state index in [1.54, 1.807) is 18.2 Å². The van der Waals surface area contributed by atoms with Gasteiger partial charge in [0.25, 0.3) is 0 Å². The highest BCUT2D eigenvalue weighted by atomic mass is 16.7. The van der Waals surface area contributed by atoms with Gasteiger partial charge in [-0.1, -0.05) is 26.0 Å². The van der Waals surface area contributed by atoms with Crippen molar-refractivity contribution in [1.29, 1.82) is 0 Å². The number of aliphatic hydroxyl groups is 6. The van der Waals surface area contributed by atoms with Crippen molar-refractivity contribution in [2.24, 2.45) is 11.8 Å². The first kappa shape index (κ1) is 36.1. The van der Waals surface area contributed by atoms with Gasteiger partial charge in [0.05, 0.1) is 7.11 Å². The topological polar surface area (TPSA) is 262 Å². The number of hydrogen-bond donors (Lipinski definition) is 9. The van der Waals surface area contributed by atoms with Crippen LogP contribution in [-0.2, 0) is 31.9 Å². The van der Waals surface area contributed by atoms with Gasteiger partial charge < -0.3 is 69.6 Å². The van der Waals surface area contributed by atoms with Gasteiger partial charge >= 0.3 is 11.9 Å². The van der Waals surface area contributed by atoms with Gasteiger partial charge in [-0.05, 0) is 60.1 Å². The van der Waals surface area contributed by atoms with Crippen LogP contribution in [0.5, 0.6) is 23.0 Å². The molecular formula is C31H40O16. The van der Waals surface area contributed by atoms with E-state index in [1.807, 2.05) is 19.9 Å². The molecule has 0 unspecified atom stereocenters. The van der Waals surface area contributed by atoms with E-state index in [9.17, 15) is 55.5 Å². The summed E-state index contributed by atoms with van der Waals surface area (Å²) < 4.78 is 27.0. The molecule has 0 aliphatic carbocycles. The highest BCUT2D eigenvalue weighted by Gasteiger charge is 2.50. The molecule has 0 spiro atoms. The Kier molecular flexibility index (Phi) is 11.5. The van der Waals surface area contributed by atoms with Gasteiger partial charge in [0.2, 0.25) is 12.6 Å². The monoisotopic (exact) mass is 668 g/mol. The summed E-state index contributed by atoms with van der Waals surface area (Å²) in [5, 5.41) is 90.6. The van der Waals surface area contributed by atoms with Crippen molar-refractivity contribution in [3.63, 3.8) is 0 Å². The fraction of sp³-hybridized carbons (Fsp3) is 0.548. The number of benzene rings is 2. The summed E-state index contributed by atoms with van der Waals surface area (Å²) in [6.45, 7) is 4.01. The number of carbonyl (C=O) groups is 2. The molecule has 2 aromatic carbocycles. The average molecular weight is 669 g/mol. The van der Waals surface area contributed by atoms with Crippen molar-refractivity contribution in [1.82, 2.24) is 0 Å². The van der Waals surface area contributed by atoms with Gasteiger partial charge in [-0.25, -0.2) is 9.59 Å². The lowest BCUT2D eigenvalue weighted by Crippen LogP contribution is -2.61. The fourth-order valence-electron chi connectivity index (χ4n) is 5.43. The first-order valence-electron chi connectivity index (χ1n) is 14.8. The zero-order valence-corrected chi connectivity index (χ0v) is 25.7. The summed E-state index contributed by atoms with van der Waals surface area (Å²) >= 11 is 0. The van der Waals surface area contributed by atoms with Crippen molar-refractivity contribution in [3.8, 4) is 23.0 Å². The SMILES string of the molecule is COc1ccc(C[C@@H](C)[C@@H](C)Cc2ccc(O[C@@H]3O[C@H](C(=O)O)[C@@H](O)[C@H](O)[C@H]3O)c(O[C@H]3O[C@@H](C(=O)O)[C@H](O)[C@@H](O)[C@@H]3O)c2)cc1O. The third kappa shape index (κ3) is 8.05. The normalized spacial score (nSPS) is 32.2. The third-order valence-electron chi connectivity index (χ3n) is 8.45. The molecule has 260 valence electrons. The number of phenols is 1. The van der Waals surface area contributed by atoms with Crippen LogP contribution in [0.2, 0.25) is 0 Å². The van der Waals surface area contributed by atoms with E-state index in [-0.39, 0.29) is 29.1 Å². The minimum Gasteiger partial charge on any atom is -0.504 e. The number of carboxylic acid groups (broad SMARTS) is 2. The molecule has 0 amide bonds. The number of methoxy groups -OCH3 is 1. The molecular weight excluding hydrogens is 628 g/mol. The van der Waals surface area contributed by atoms with Crippen molar-refractivity contribution in [3.05, 3.63) is 47.5 Å². The number of ether oxygens (including phenoxy) is 5. The molecule has 2 fully saturated rings. The maximum atomic E-state index is 11.6. The highest BCUT2D eigenvalue weighted by molar-refractivity contribution is 5.74. The summed E-state index contributed by atoms with van der Waals surface area (Å²) in [5.74, 6) is -3.24. The smallest absolute Gasteiger partial charge is 0.335 e. The Morgan fingerprint density at radius 3 is 1.51 bits per heavy atom. The molecule has 2 aliphatic rings. The Morgan fingerprint density at radius 1 is 0.660 bits per heavy atom. The number of phenolic OH excluding ortho intramolecular Hbond substituents is 1. The van der Waals surface area contributed by atoms with Gasteiger partial charge in [-0.15, -0.1) is 0 Å². The molecule has 9 N–H and O–H groups in total. The van der Waals surface area contributed by atoms with Crippen molar-refractivity contribution in [2.45, 2.75) is 88.1 Å². The quantitative estimate of drug-likeness (QED) is 0.131. The number of hydrogen-bond acceptors (Lipinski definition) is 14. The number of aliphatic hydroxyl groups excluding tert-OH is 6. The lowest BCUT2D eigenvalue weighted by molar-refractivity contribution is -0.276. The molecule has 0 aromatic heterocycles. The minimum absolute atomic E-state index is 0.0147. The molecule has 12 atom stereocenters. The van der Waals surface area contributed by atoms with Gasteiger partial charge in [-0.3, -0.25) is 0 Å². The van der Waals surface area contributed by atoms with Gasteiger partial charge in [0, 0.05) is 0 Å². The largest absolute Gasteiger partial charge is 0.504 e. The molecule has 0 saturated carbocycles. The maximum Gasteiger partial charge on any atom is 0.335 e. The summed E-state index contributed by atoms with van der Waals surface area (Å²) in [6, 6.07) is 9.58. The Bertz CT molecular complexity index is 1400. The standard InChI is InChI=1S/C31H40O16/c1-12(8-14-4-6-17(43-3)16(32)10-14)13(2)9-15-5-7-18(44-30-24(37)20(33)22(35)26(46-30)28(39)40)19(11-15)45-31-25(38)21(34)23(36)27(47-31)29(41)42/h4-7,10-13,20-27,30-38H,8-9H2,1-3H3,(H,39,40)(H,41,42)/t12-,13+,20+,21-,22+,23-,24-,25+,26+,27-,30-,31+/m1/s1. The number of carboxylic acids is 2. The van der Waals surface area contributed by atoms with Crippen molar-refractivity contribution in [2.75, 3.05) is 7.11 Å². The molecule has 2 heterocycles. The van der Waals surface area contributed by atoms with Crippen LogP contribution in [0.1, 0.15) is 25.0 Å². The molecule has 0 radical (unpaired) electrons. The van der Waals surface area contributed by atoms with Crippen LogP contribution in [0.3, 0.4) is 0 Å². The second-order valence-electron chi connectivity index (χ2n) is 11.9. The van der Waals surface area contributed by atoms with E-state index in [0.29, 0.717) is 24.2 Å². The van der Waals surface area contributed by atoms with Crippen molar-refractivity contribution >= 4 is 11.9 Å². The van der Waals surface area contributed by atoms with Crippen LogP contribution in [0.25, 0.3) is 0 Å². The zero-order valence-electron chi connectivity index (χ0n) is 25.7. The molecule has 4 rings (SSSR count). The van der Waals surface area contributed by atoms with Gasteiger partial charge in [0.15, 0.2) is 35.2 Å². The highest BCUT2D eigenvalue weighted by Crippen LogP contribution is 2.36. The predicted octanol–water partition coefficient (Wildman–Crippen LogP) is -1.000. The zero-order chi connectivity index (χ0) is 34.7. The first-order valence-corrected chi connectivity index (χ1v) is 14.8. The molecule has 2 saturated heterocycles. The van der Waals surface area contributed by atoms with E-state index in [0.717, 1.165) is 5.56 Å². The molecule has 16 heteroatoms. The van der Waals surface area contributed by atoms with Gasteiger partial charge in [-0.2, -0.15) is 0 Å². The molecule has 0 bridgehead atoms. The second kappa shape index (κ2) is 15.0. The summed E-state index contributed by atoms with van der Waals surface area (Å²) in [7, 11) is 1.45. The molecule has 2 aliphatic heterocycles. The van der Waals surface area contributed by atoms with E-state index in [1.165, 1.54) is 19.2 Å². The fourth-order valence-corrected chi connectivity index (χ4v) is 5.43. The predicted molar refractivity (Wildman–Crippen MR) is 157 cm³/mol. The van der Waals surface area contributed by atoms with Crippen LogP contribution in [0, 0.1) is 11.8 Å². The van der Waals surface area contributed by atoms with Crippen LogP contribution in [-0.4, -0.2) is 126 Å². The van der Waals surface area contributed by atoms with E-state index >= 15 is 0 Å². The number of aromatic hydroxyl groups is 1. The van der Waals surface area contributed by atoms with E-state index < -0.39 is 73.4 Å². The molecule has 16 nitrogen and oxygen atoms in total. The average Bonchev–Trinajstić information content (AvgIpc) is 3.02. The Morgan fingerprint density at radius 2 is 1.09 bits per heavy atom. The summed E-state index contributed by atoms with van der Waals surface area (Å²) in [4.78, 5) is 23.2. The van der Waals surface area contributed by atoms with Gasteiger partial charge in [0.1, 0.15) is 36.6 Å². The van der Waals surface area contributed by atoms with Crippen LogP contribution in [0.15, 0.2) is 36.4 Å². The Balaban J connectivity index is 1.60. The first-order chi connectivity index (χ1) is 22.1. The lowest BCUT2D eigenvalue weighted by atomic mass is 9.85. The molecule has 47 heavy (non-hydrogen) atoms. The summed E-state index contributed by atoms with van der Waals surface area (Å²) in [6.07, 6.45) is -18.3. The second-order valence-corrected chi connectivity index (χ2v) is 11.9. The Hall–Kier alpha value is -3.74. The number of aliphatic carboxylic acids is 2. The van der Waals surface area contributed by atoms with Crippen molar-refractivity contribution < 1.29 is 79.2 Å². The summed E-state index contributed by atoms with van der Waals surface area (Å²) in [5.41, 5.74) is 1.53. The van der Waals surface area contributed by atoms with E-state index in [2.05, 4.69) is 0 Å². The third-order valence-corrected chi connectivity index (χ3v) is 8.45. The number of rotatable bonds is 12. The Labute approximate surface area is 268 Å². The van der Waals surface area contributed by atoms with Crippen LogP contribution < -0.4 is 14.2 Å². The van der Waals surface area contributed by atoms with Crippen LogP contribution >= 0.6 is 0 Å². The maximum absolute atomic E-state index is 11.6.